The van der Waals surface area contributed by atoms with Crippen molar-refractivity contribution in [2.45, 2.75) is 13.8 Å². The number of aryl methyl sites for hydroxylation is 1. The highest BCUT2D eigenvalue weighted by atomic mass is 35.5. The van der Waals surface area contributed by atoms with Gasteiger partial charge in [-0.3, -0.25) is 4.99 Å². The van der Waals surface area contributed by atoms with E-state index >= 15 is 0 Å². The quantitative estimate of drug-likeness (QED) is 0.602. The first-order chi connectivity index (χ1) is 12.8. The Kier molecular flexibility index (Phi) is 5.10. The zero-order valence-electron chi connectivity index (χ0n) is 14.5. The number of nitrogens with zero attached hydrogens (tertiary/aromatic N) is 2. The van der Waals surface area contributed by atoms with Gasteiger partial charge in [-0.25, -0.2) is 13.6 Å². The molecule has 7 heteroatoms. The standard InChI is InChI=1S/C20H15ClF2N2O2/c1-11-7-13(10-24-19-6-3-14(22)8-18(19)23)12(2)25(11)15-4-5-17(21)16(9-15)20(26)27/h3-10H,1-2H3,(H,26,27). The van der Waals surface area contributed by atoms with Crippen LogP contribution in [0.1, 0.15) is 27.3 Å². The molecule has 3 aromatic rings. The minimum atomic E-state index is -1.11. The molecule has 0 aliphatic heterocycles. The molecular weight excluding hydrogens is 374 g/mol. The van der Waals surface area contributed by atoms with E-state index in [0.29, 0.717) is 5.69 Å². The molecule has 0 saturated carbocycles. The Morgan fingerprint density at radius 3 is 2.56 bits per heavy atom. The van der Waals surface area contributed by atoms with E-state index in [0.717, 1.165) is 29.1 Å². The van der Waals surface area contributed by atoms with Gasteiger partial charge in [0.1, 0.15) is 5.82 Å². The molecule has 0 spiro atoms. The fraction of sp³-hybridized carbons (Fsp3) is 0.100. The average molecular weight is 389 g/mol. The summed E-state index contributed by atoms with van der Waals surface area (Å²) < 4.78 is 28.6. The summed E-state index contributed by atoms with van der Waals surface area (Å²) >= 11 is 5.93. The van der Waals surface area contributed by atoms with Crippen molar-refractivity contribution in [2.75, 3.05) is 0 Å². The van der Waals surface area contributed by atoms with Gasteiger partial charge in [-0.15, -0.1) is 0 Å². The normalized spacial score (nSPS) is 11.3. The second-order valence-corrected chi connectivity index (χ2v) is 6.39. The second-order valence-electron chi connectivity index (χ2n) is 5.99. The molecule has 0 radical (unpaired) electrons. The van der Waals surface area contributed by atoms with E-state index in [2.05, 4.69) is 4.99 Å². The van der Waals surface area contributed by atoms with E-state index in [1.165, 1.54) is 24.4 Å². The summed E-state index contributed by atoms with van der Waals surface area (Å²) in [6, 6.07) is 9.76. The summed E-state index contributed by atoms with van der Waals surface area (Å²) in [4.78, 5) is 15.4. The van der Waals surface area contributed by atoms with Crippen molar-refractivity contribution in [3.8, 4) is 5.69 Å². The lowest BCUT2D eigenvalue weighted by atomic mass is 10.2. The molecule has 1 aromatic heterocycles. The van der Waals surface area contributed by atoms with Crippen molar-refractivity contribution in [3.05, 3.63) is 81.6 Å². The number of hydrogen-bond acceptors (Lipinski definition) is 2. The van der Waals surface area contributed by atoms with Gasteiger partial charge in [0.25, 0.3) is 0 Å². The van der Waals surface area contributed by atoms with Crippen LogP contribution in [0.2, 0.25) is 5.02 Å². The third kappa shape index (κ3) is 3.75. The molecule has 0 unspecified atom stereocenters. The van der Waals surface area contributed by atoms with Crippen molar-refractivity contribution in [1.82, 2.24) is 4.57 Å². The predicted molar refractivity (Wildman–Crippen MR) is 101 cm³/mol. The van der Waals surface area contributed by atoms with Crippen LogP contribution in [0.25, 0.3) is 5.69 Å². The summed E-state index contributed by atoms with van der Waals surface area (Å²) in [6.07, 6.45) is 1.49. The fourth-order valence-electron chi connectivity index (χ4n) is 2.86. The summed E-state index contributed by atoms with van der Waals surface area (Å²) in [6.45, 7) is 3.70. The molecule has 27 heavy (non-hydrogen) atoms. The Balaban J connectivity index is 2.02. The van der Waals surface area contributed by atoms with E-state index in [-0.39, 0.29) is 16.3 Å². The van der Waals surface area contributed by atoms with Crippen LogP contribution in [0.3, 0.4) is 0 Å². The summed E-state index contributed by atoms with van der Waals surface area (Å²) in [5.74, 6) is -2.52. The maximum absolute atomic E-state index is 13.7. The first-order valence-corrected chi connectivity index (χ1v) is 8.37. The first kappa shape index (κ1) is 18.8. The number of carbonyl (C=O) groups is 1. The maximum atomic E-state index is 13.7. The van der Waals surface area contributed by atoms with Crippen LogP contribution < -0.4 is 0 Å². The zero-order valence-corrected chi connectivity index (χ0v) is 15.3. The smallest absolute Gasteiger partial charge is 0.337 e. The third-order valence-corrected chi connectivity index (χ3v) is 4.49. The highest BCUT2D eigenvalue weighted by Crippen LogP contribution is 2.25. The van der Waals surface area contributed by atoms with Gasteiger partial charge in [-0.2, -0.15) is 0 Å². The Morgan fingerprint density at radius 2 is 1.89 bits per heavy atom. The number of carboxylic acids is 1. The monoisotopic (exact) mass is 388 g/mol. The van der Waals surface area contributed by atoms with E-state index in [4.69, 9.17) is 11.6 Å². The van der Waals surface area contributed by atoms with E-state index in [9.17, 15) is 18.7 Å². The number of hydrogen-bond donors (Lipinski definition) is 1. The van der Waals surface area contributed by atoms with Crippen LogP contribution in [0, 0.1) is 25.5 Å². The van der Waals surface area contributed by atoms with Gasteiger partial charge in [-0.1, -0.05) is 11.6 Å². The zero-order chi connectivity index (χ0) is 19.7. The Hall–Kier alpha value is -2.99. The number of aliphatic imine (C=N–C) groups is 1. The molecule has 0 aliphatic carbocycles. The van der Waals surface area contributed by atoms with Gasteiger partial charge in [0.05, 0.1) is 16.3 Å². The lowest BCUT2D eigenvalue weighted by molar-refractivity contribution is 0.0697. The Labute approximate surface area is 159 Å². The topological polar surface area (TPSA) is 54.6 Å². The highest BCUT2D eigenvalue weighted by molar-refractivity contribution is 6.33. The fourth-order valence-corrected chi connectivity index (χ4v) is 3.06. The molecule has 0 fully saturated rings. The molecule has 138 valence electrons. The van der Waals surface area contributed by atoms with Gasteiger partial charge in [0.15, 0.2) is 5.82 Å². The Morgan fingerprint density at radius 1 is 1.15 bits per heavy atom. The van der Waals surface area contributed by atoms with Crippen molar-refractivity contribution >= 4 is 29.5 Å². The lowest BCUT2D eigenvalue weighted by Gasteiger charge is -2.11. The molecule has 0 atom stereocenters. The number of carboxylic acid groups (broad SMARTS) is 1. The third-order valence-electron chi connectivity index (χ3n) is 4.16. The first-order valence-electron chi connectivity index (χ1n) is 7.99. The van der Waals surface area contributed by atoms with Crippen molar-refractivity contribution in [2.24, 2.45) is 4.99 Å². The van der Waals surface area contributed by atoms with Crippen molar-refractivity contribution in [3.63, 3.8) is 0 Å². The van der Waals surface area contributed by atoms with Gasteiger partial charge in [0, 0.05) is 34.9 Å². The van der Waals surface area contributed by atoms with E-state index in [1.807, 2.05) is 24.5 Å². The van der Waals surface area contributed by atoms with Crippen LogP contribution in [0.15, 0.2) is 47.5 Å². The lowest BCUT2D eigenvalue weighted by Crippen LogP contribution is -2.03. The number of aromatic nitrogens is 1. The Bertz CT molecular complexity index is 1070. The van der Waals surface area contributed by atoms with Crippen LogP contribution in [0.5, 0.6) is 0 Å². The van der Waals surface area contributed by atoms with Gasteiger partial charge in [0.2, 0.25) is 0 Å². The molecule has 3 rings (SSSR count). The van der Waals surface area contributed by atoms with Gasteiger partial charge >= 0.3 is 5.97 Å². The minimum Gasteiger partial charge on any atom is -0.478 e. The average Bonchev–Trinajstić information content (AvgIpc) is 2.88. The van der Waals surface area contributed by atoms with E-state index in [1.54, 1.807) is 6.07 Å². The van der Waals surface area contributed by atoms with Crippen LogP contribution in [-0.2, 0) is 0 Å². The van der Waals surface area contributed by atoms with Crippen LogP contribution in [-0.4, -0.2) is 21.9 Å². The SMILES string of the molecule is Cc1cc(C=Nc2ccc(F)cc2F)c(C)n1-c1ccc(Cl)c(C(=O)O)c1. The molecule has 1 N–H and O–H groups in total. The molecule has 1 heterocycles. The molecule has 0 saturated heterocycles. The second kappa shape index (κ2) is 7.32. The number of aromatic carboxylic acids is 1. The van der Waals surface area contributed by atoms with E-state index < -0.39 is 17.6 Å². The maximum Gasteiger partial charge on any atom is 0.337 e. The van der Waals surface area contributed by atoms with Gasteiger partial charge < -0.3 is 9.67 Å². The number of halogens is 3. The molecular formula is C20H15ClF2N2O2. The summed E-state index contributed by atoms with van der Waals surface area (Å²) in [5.41, 5.74) is 3.03. The number of rotatable bonds is 4. The minimum absolute atomic E-state index is 0.00488. The van der Waals surface area contributed by atoms with Crippen LogP contribution >= 0.6 is 11.6 Å². The summed E-state index contributed by atoms with van der Waals surface area (Å²) in [5, 5.41) is 9.41. The van der Waals surface area contributed by atoms with Crippen molar-refractivity contribution in [1.29, 1.82) is 0 Å². The van der Waals surface area contributed by atoms with Gasteiger partial charge in [-0.05, 0) is 50.2 Å². The largest absolute Gasteiger partial charge is 0.478 e. The van der Waals surface area contributed by atoms with Crippen LogP contribution in [0.4, 0.5) is 14.5 Å². The molecule has 0 bridgehead atoms. The predicted octanol–water partition coefficient (Wildman–Crippen LogP) is 5.47. The molecule has 0 aliphatic rings. The number of benzene rings is 2. The highest BCUT2D eigenvalue weighted by Gasteiger charge is 2.14. The summed E-state index contributed by atoms with van der Waals surface area (Å²) in [7, 11) is 0. The molecule has 4 nitrogen and oxygen atoms in total. The molecule has 0 amide bonds. The van der Waals surface area contributed by atoms with Crippen molar-refractivity contribution < 1.29 is 18.7 Å². The molecule has 2 aromatic carbocycles.